The van der Waals surface area contributed by atoms with Crippen molar-refractivity contribution in [3.05, 3.63) is 23.2 Å². The Morgan fingerprint density at radius 3 is 2.94 bits per heavy atom. The fraction of sp³-hybridized carbons (Fsp3) is 0.462. The molecule has 18 heavy (non-hydrogen) atoms. The number of halogens is 1. The number of ether oxygens (including phenoxy) is 1. The number of anilines is 1. The average molecular weight is 285 g/mol. The maximum atomic E-state index is 6.15. The fourth-order valence-electron chi connectivity index (χ4n) is 1.62. The van der Waals surface area contributed by atoms with Crippen LogP contribution in [0.15, 0.2) is 23.2 Å². The monoisotopic (exact) mass is 284 g/mol. The number of thioether (sulfide) groups is 1. The number of hydrogen-bond acceptors (Lipinski definition) is 4. The fourth-order valence-corrected chi connectivity index (χ4v) is 2.97. The number of methoxy groups -OCH3 is 1. The maximum Gasteiger partial charge on any atom is 0.161 e. The van der Waals surface area contributed by atoms with Crippen molar-refractivity contribution in [1.82, 2.24) is 0 Å². The number of rotatable bonds is 3. The van der Waals surface area contributed by atoms with Gasteiger partial charge in [0.25, 0.3) is 0 Å². The van der Waals surface area contributed by atoms with E-state index in [1.54, 1.807) is 18.9 Å². The molecule has 0 radical (unpaired) electrons. The van der Waals surface area contributed by atoms with E-state index in [-0.39, 0.29) is 5.54 Å². The van der Waals surface area contributed by atoms with Gasteiger partial charge in [0.1, 0.15) is 5.75 Å². The van der Waals surface area contributed by atoms with Crippen LogP contribution in [-0.4, -0.2) is 23.6 Å². The summed E-state index contributed by atoms with van der Waals surface area (Å²) >= 11 is 7.88. The van der Waals surface area contributed by atoms with Crippen molar-refractivity contribution in [3.63, 3.8) is 0 Å². The largest absolute Gasteiger partial charge is 0.497 e. The highest BCUT2D eigenvalue weighted by molar-refractivity contribution is 8.14. The zero-order valence-electron chi connectivity index (χ0n) is 10.8. The Balaban J connectivity index is 2.17. The van der Waals surface area contributed by atoms with Gasteiger partial charge in [-0.05, 0) is 25.5 Å². The molecular weight excluding hydrogens is 268 g/mol. The standard InChI is InChI=1S/C13H17ClN2OS/c1-4-13(2)8-18-12(16-13)15-11-7-9(17-3)5-6-10(11)14/h5-7H,4,8H2,1-3H3,(H,15,16). The van der Waals surface area contributed by atoms with E-state index < -0.39 is 0 Å². The summed E-state index contributed by atoms with van der Waals surface area (Å²) in [6, 6.07) is 5.54. The summed E-state index contributed by atoms with van der Waals surface area (Å²) in [5, 5.41) is 4.87. The van der Waals surface area contributed by atoms with Crippen LogP contribution in [0.4, 0.5) is 5.69 Å². The van der Waals surface area contributed by atoms with E-state index >= 15 is 0 Å². The highest BCUT2D eigenvalue weighted by atomic mass is 35.5. The quantitative estimate of drug-likeness (QED) is 0.910. The van der Waals surface area contributed by atoms with Gasteiger partial charge in [-0.25, -0.2) is 0 Å². The predicted molar refractivity (Wildman–Crippen MR) is 80.2 cm³/mol. The summed E-state index contributed by atoms with van der Waals surface area (Å²) in [5.74, 6) is 1.79. The first-order valence-corrected chi connectivity index (χ1v) is 7.26. The Morgan fingerprint density at radius 1 is 1.56 bits per heavy atom. The summed E-state index contributed by atoms with van der Waals surface area (Å²) in [4.78, 5) is 4.70. The molecule has 0 aromatic heterocycles. The SMILES string of the molecule is CCC1(C)CSC(Nc2cc(OC)ccc2Cl)=N1. The molecule has 0 spiro atoms. The van der Waals surface area contributed by atoms with Crippen LogP contribution in [0.25, 0.3) is 0 Å². The van der Waals surface area contributed by atoms with Gasteiger partial charge in [0.2, 0.25) is 0 Å². The average Bonchev–Trinajstić information content (AvgIpc) is 2.75. The highest BCUT2D eigenvalue weighted by Gasteiger charge is 2.28. The molecule has 0 amide bonds. The lowest BCUT2D eigenvalue weighted by atomic mass is 10.0. The second-order valence-electron chi connectivity index (χ2n) is 4.53. The third-order valence-electron chi connectivity index (χ3n) is 3.07. The number of hydrogen-bond donors (Lipinski definition) is 1. The molecule has 1 aliphatic rings. The predicted octanol–water partition coefficient (Wildman–Crippen LogP) is 4.03. The molecule has 0 bridgehead atoms. The van der Waals surface area contributed by atoms with E-state index in [0.29, 0.717) is 5.02 Å². The molecule has 0 saturated heterocycles. The van der Waals surface area contributed by atoms with Gasteiger partial charge in [0, 0.05) is 11.8 Å². The van der Waals surface area contributed by atoms with E-state index in [2.05, 4.69) is 19.2 Å². The molecule has 0 aliphatic carbocycles. The minimum Gasteiger partial charge on any atom is -0.497 e. The number of benzene rings is 1. The van der Waals surface area contributed by atoms with Crippen LogP contribution in [0.1, 0.15) is 20.3 Å². The lowest BCUT2D eigenvalue weighted by Crippen LogP contribution is -2.20. The Morgan fingerprint density at radius 2 is 2.33 bits per heavy atom. The summed E-state index contributed by atoms with van der Waals surface area (Å²) < 4.78 is 5.19. The summed E-state index contributed by atoms with van der Waals surface area (Å²) in [6.07, 6.45) is 1.04. The first-order chi connectivity index (χ1) is 8.56. The lowest BCUT2D eigenvalue weighted by molar-refractivity contribution is 0.415. The minimum atomic E-state index is 0.0400. The molecule has 1 N–H and O–H groups in total. The maximum absolute atomic E-state index is 6.15. The van der Waals surface area contributed by atoms with Crippen molar-refractivity contribution in [2.24, 2.45) is 4.99 Å². The van der Waals surface area contributed by atoms with Crippen molar-refractivity contribution in [2.45, 2.75) is 25.8 Å². The Bertz CT molecular complexity index is 478. The van der Waals surface area contributed by atoms with Crippen LogP contribution < -0.4 is 10.1 Å². The lowest BCUT2D eigenvalue weighted by Gasteiger charge is -2.15. The molecular formula is C13H17ClN2OS. The van der Waals surface area contributed by atoms with Crippen LogP contribution in [0.3, 0.4) is 0 Å². The number of nitrogens with zero attached hydrogens (tertiary/aromatic N) is 1. The minimum absolute atomic E-state index is 0.0400. The number of aliphatic imine (C=N–C) groups is 1. The smallest absolute Gasteiger partial charge is 0.161 e. The topological polar surface area (TPSA) is 33.6 Å². The first kappa shape index (κ1) is 13.6. The molecule has 0 fully saturated rings. The molecule has 1 atom stereocenters. The van der Waals surface area contributed by atoms with Crippen molar-refractivity contribution in [1.29, 1.82) is 0 Å². The number of nitrogens with one attached hydrogen (secondary N) is 1. The molecule has 1 heterocycles. The van der Waals surface area contributed by atoms with Gasteiger partial charge < -0.3 is 10.1 Å². The molecule has 1 aromatic rings. The van der Waals surface area contributed by atoms with Gasteiger partial charge in [-0.2, -0.15) is 0 Å². The second kappa shape index (κ2) is 5.41. The third kappa shape index (κ3) is 2.93. The highest BCUT2D eigenvalue weighted by Crippen LogP contribution is 2.33. The molecule has 1 unspecified atom stereocenters. The summed E-state index contributed by atoms with van der Waals surface area (Å²) in [6.45, 7) is 4.33. The Kier molecular flexibility index (Phi) is 4.07. The molecule has 1 aromatic carbocycles. The van der Waals surface area contributed by atoms with Gasteiger partial charge in [-0.1, -0.05) is 30.3 Å². The van der Waals surface area contributed by atoms with E-state index in [4.69, 9.17) is 21.3 Å². The summed E-state index contributed by atoms with van der Waals surface area (Å²) in [7, 11) is 1.64. The van der Waals surface area contributed by atoms with Gasteiger partial charge in [-0.3, -0.25) is 4.99 Å². The van der Waals surface area contributed by atoms with Crippen molar-refractivity contribution >= 4 is 34.2 Å². The number of amidine groups is 1. The zero-order chi connectivity index (χ0) is 13.2. The molecule has 5 heteroatoms. The molecule has 3 nitrogen and oxygen atoms in total. The van der Waals surface area contributed by atoms with E-state index in [1.807, 2.05) is 18.2 Å². The normalized spacial score (nSPS) is 22.8. The van der Waals surface area contributed by atoms with E-state index in [1.165, 1.54) is 0 Å². The zero-order valence-corrected chi connectivity index (χ0v) is 12.4. The summed E-state index contributed by atoms with van der Waals surface area (Å²) in [5.41, 5.74) is 0.876. The van der Waals surface area contributed by atoms with Gasteiger partial charge in [0.15, 0.2) is 5.17 Å². The molecule has 0 saturated carbocycles. The molecule has 98 valence electrons. The van der Waals surface area contributed by atoms with Crippen molar-refractivity contribution < 1.29 is 4.74 Å². The van der Waals surface area contributed by atoms with Crippen LogP contribution in [0.5, 0.6) is 5.75 Å². The van der Waals surface area contributed by atoms with E-state index in [0.717, 1.165) is 28.8 Å². The Labute approximate surface area is 117 Å². The first-order valence-electron chi connectivity index (χ1n) is 5.89. The Hall–Kier alpha value is -0.870. The van der Waals surface area contributed by atoms with Crippen LogP contribution in [0.2, 0.25) is 5.02 Å². The van der Waals surface area contributed by atoms with Gasteiger partial charge >= 0.3 is 0 Å². The molecule has 2 rings (SSSR count). The van der Waals surface area contributed by atoms with E-state index in [9.17, 15) is 0 Å². The van der Waals surface area contributed by atoms with Gasteiger partial charge in [0.05, 0.1) is 23.4 Å². The van der Waals surface area contributed by atoms with Gasteiger partial charge in [-0.15, -0.1) is 0 Å². The second-order valence-corrected chi connectivity index (χ2v) is 5.90. The van der Waals surface area contributed by atoms with Crippen molar-refractivity contribution in [3.8, 4) is 5.75 Å². The van der Waals surface area contributed by atoms with Crippen LogP contribution in [-0.2, 0) is 0 Å². The molecule has 1 aliphatic heterocycles. The van der Waals surface area contributed by atoms with Crippen LogP contribution in [0, 0.1) is 0 Å². The third-order valence-corrected chi connectivity index (χ3v) is 4.63. The van der Waals surface area contributed by atoms with Crippen molar-refractivity contribution in [2.75, 3.05) is 18.2 Å². The van der Waals surface area contributed by atoms with Crippen LogP contribution >= 0.6 is 23.4 Å².